The Morgan fingerprint density at radius 2 is 1.94 bits per heavy atom. The second-order valence-corrected chi connectivity index (χ2v) is 5.21. The minimum atomic E-state index is -0.698. The van der Waals surface area contributed by atoms with Crippen LogP contribution in [0.5, 0.6) is 0 Å². The highest BCUT2D eigenvalue weighted by Crippen LogP contribution is 2.30. The molecule has 1 atom stereocenters. The third-order valence-electron chi connectivity index (χ3n) is 3.87. The predicted molar refractivity (Wildman–Crippen MR) is 60.3 cm³/mol. The molecule has 1 saturated carbocycles. The number of carbonyl (C=O) groups is 2. The van der Waals surface area contributed by atoms with E-state index < -0.39 is 12.1 Å². The molecule has 5 nitrogen and oxygen atoms in total. The number of hydrogen-bond donors (Lipinski definition) is 2. The summed E-state index contributed by atoms with van der Waals surface area (Å²) < 4.78 is 0. The van der Waals surface area contributed by atoms with E-state index in [1.165, 1.54) is 0 Å². The van der Waals surface area contributed by atoms with Gasteiger partial charge in [-0.05, 0) is 31.6 Å². The van der Waals surface area contributed by atoms with E-state index in [0.29, 0.717) is 31.8 Å². The maximum Gasteiger partial charge on any atom is 0.306 e. The van der Waals surface area contributed by atoms with Crippen molar-refractivity contribution >= 4 is 11.9 Å². The molecule has 0 bridgehead atoms. The zero-order valence-electron chi connectivity index (χ0n) is 9.84. The van der Waals surface area contributed by atoms with Gasteiger partial charge in [-0.1, -0.05) is 0 Å². The van der Waals surface area contributed by atoms with E-state index in [9.17, 15) is 14.7 Å². The first-order chi connectivity index (χ1) is 8.06. The first-order valence-corrected chi connectivity index (χ1v) is 6.25. The summed E-state index contributed by atoms with van der Waals surface area (Å²) in [6.45, 7) is 1.12. The standard InChI is InChI=1S/C12H19NO4/c14-10-5-11(15)13(7-10)6-8-1-3-9(4-2-8)12(16)17/h8-10,14H,1-7H2,(H,16,17). The smallest absolute Gasteiger partial charge is 0.306 e. The van der Waals surface area contributed by atoms with Crippen LogP contribution < -0.4 is 0 Å². The summed E-state index contributed by atoms with van der Waals surface area (Å²) in [6.07, 6.45) is 2.89. The van der Waals surface area contributed by atoms with Crippen molar-refractivity contribution in [1.29, 1.82) is 0 Å². The van der Waals surface area contributed by atoms with Crippen molar-refractivity contribution in [2.75, 3.05) is 13.1 Å². The van der Waals surface area contributed by atoms with Crippen molar-refractivity contribution in [1.82, 2.24) is 4.90 Å². The summed E-state index contributed by atoms with van der Waals surface area (Å²) >= 11 is 0. The van der Waals surface area contributed by atoms with Crippen LogP contribution in [0, 0.1) is 11.8 Å². The Labute approximate surface area is 100 Å². The Hall–Kier alpha value is -1.10. The topological polar surface area (TPSA) is 77.8 Å². The number of carbonyl (C=O) groups excluding carboxylic acids is 1. The van der Waals surface area contributed by atoms with Gasteiger partial charge < -0.3 is 15.1 Å². The Kier molecular flexibility index (Phi) is 3.66. The summed E-state index contributed by atoms with van der Waals surface area (Å²) in [5.41, 5.74) is 0. The van der Waals surface area contributed by atoms with E-state index in [1.807, 2.05) is 0 Å². The zero-order valence-corrected chi connectivity index (χ0v) is 9.84. The fraction of sp³-hybridized carbons (Fsp3) is 0.833. The van der Waals surface area contributed by atoms with Gasteiger partial charge in [0.1, 0.15) is 0 Å². The molecule has 1 unspecified atom stereocenters. The number of amides is 1. The molecular formula is C12H19NO4. The van der Waals surface area contributed by atoms with Gasteiger partial charge in [0.2, 0.25) is 5.91 Å². The van der Waals surface area contributed by atoms with Gasteiger partial charge in [-0.15, -0.1) is 0 Å². The van der Waals surface area contributed by atoms with Gasteiger partial charge in [-0.25, -0.2) is 0 Å². The van der Waals surface area contributed by atoms with Crippen LogP contribution in [0.4, 0.5) is 0 Å². The number of carboxylic acids is 1. The number of β-amino-alcohol motifs (C(OH)–C–C–N with tert-alkyl or cyclic N) is 1. The molecule has 1 amide bonds. The van der Waals surface area contributed by atoms with Crippen LogP contribution >= 0.6 is 0 Å². The highest BCUT2D eigenvalue weighted by molar-refractivity contribution is 5.79. The van der Waals surface area contributed by atoms with Crippen LogP contribution in [0.3, 0.4) is 0 Å². The van der Waals surface area contributed by atoms with Gasteiger partial charge in [0.05, 0.1) is 18.4 Å². The van der Waals surface area contributed by atoms with Gasteiger partial charge in [0.25, 0.3) is 0 Å². The lowest BCUT2D eigenvalue weighted by Crippen LogP contribution is -2.34. The SMILES string of the molecule is O=C(O)C1CCC(CN2CC(O)CC2=O)CC1. The molecule has 0 aromatic heterocycles. The summed E-state index contributed by atoms with van der Waals surface area (Å²) in [7, 11) is 0. The molecule has 2 rings (SSSR count). The average Bonchev–Trinajstić information content (AvgIpc) is 2.58. The first-order valence-electron chi connectivity index (χ1n) is 6.25. The molecule has 0 radical (unpaired) electrons. The van der Waals surface area contributed by atoms with Crippen molar-refractivity contribution < 1.29 is 19.8 Å². The minimum absolute atomic E-state index is 0.0258. The van der Waals surface area contributed by atoms with E-state index in [2.05, 4.69) is 0 Å². The first kappa shape index (κ1) is 12.4. The van der Waals surface area contributed by atoms with Gasteiger partial charge in [0, 0.05) is 13.1 Å². The van der Waals surface area contributed by atoms with Gasteiger partial charge in [-0.3, -0.25) is 9.59 Å². The molecule has 2 aliphatic rings. The largest absolute Gasteiger partial charge is 0.481 e. The fourth-order valence-corrected chi connectivity index (χ4v) is 2.83. The van der Waals surface area contributed by atoms with Gasteiger partial charge in [0.15, 0.2) is 0 Å². The zero-order chi connectivity index (χ0) is 12.4. The number of nitrogens with zero attached hydrogens (tertiary/aromatic N) is 1. The molecular weight excluding hydrogens is 222 g/mol. The molecule has 0 spiro atoms. The number of hydrogen-bond acceptors (Lipinski definition) is 3. The van der Waals surface area contributed by atoms with E-state index in [0.717, 1.165) is 12.8 Å². The maximum atomic E-state index is 11.5. The van der Waals surface area contributed by atoms with Crippen LogP contribution in [-0.2, 0) is 9.59 Å². The number of carboxylic acid groups (broad SMARTS) is 1. The van der Waals surface area contributed by atoms with E-state index in [-0.39, 0.29) is 18.2 Å². The normalized spacial score (nSPS) is 34.1. The molecule has 1 heterocycles. The van der Waals surface area contributed by atoms with E-state index in [4.69, 9.17) is 5.11 Å². The molecule has 0 aromatic rings. The lowest BCUT2D eigenvalue weighted by molar-refractivity contribution is -0.143. The molecule has 5 heteroatoms. The van der Waals surface area contributed by atoms with Crippen LogP contribution in [0.15, 0.2) is 0 Å². The fourth-order valence-electron chi connectivity index (χ4n) is 2.83. The summed E-state index contributed by atoms with van der Waals surface area (Å²) in [4.78, 5) is 24.0. The summed E-state index contributed by atoms with van der Waals surface area (Å²) in [5.74, 6) is -0.472. The molecule has 17 heavy (non-hydrogen) atoms. The van der Waals surface area contributed by atoms with Crippen LogP contribution in [0.25, 0.3) is 0 Å². The molecule has 96 valence electrons. The second-order valence-electron chi connectivity index (χ2n) is 5.21. The minimum Gasteiger partial charge on any atom is -0.481 e. The predicted octanol–water partition coefficient (Wildman–Crippen LogP) is 0.471. The van der Waals surface area contributed by atoms with E-state index in [1.54, 1.807) is 4.90 Å². The Balaban J connectivity index is 1.78. The van der Waals surface area contributed by atoms with Crippen LogP contribution in [-0.4, -0.2) is 46.2 Å². The maximum absolute atomic E-state index is 11.5. The molecule has 2 N–H and O–H groups in total. The Morgan fingerprint density at radius 3 is 2.41 bits per heavy atom. The number of likely N-dealkylation sites (tertiary alicyclic amines) is 1. The number of rotatable bonds is 3. The highest BCUT2D eigenvalue weighted by atomic mass is 16.4. The van der Waals surface area contributed by atoms with Crippen molar-refractivity contribution in [3.63, 3.8) is 0 Å². The lowest BCUT2D eigenvalue weighted by atomic mass is 9.82. The summed E-state index contributed by atoms with van der Waals surface area (Å²) in [5, 5.41) is 18.3. The quantitative estimate of drug-likeness (QED) is 0.753. The number of aliphatic hydroxyl groups is 1. The second kappa shape index (κ2) is 5.04. The van der Waals surface area contributed by atoms with Crippen LogP contribution in [0.1, 0.15) is 32.1 Å². The number of aliphatic hydroxyl groups excluding tert-OH is 1. The Morgan fingerprint density at radius 1 is 1.29 bits per heavy atom. The molecule has 2 fully saturated rings. The van der Waals surface area contributed by atoms with E-state index >= 15 is 0 Å². The third-order valence-corrected chi connectivity index (χ3v) is 3.87. The average molecular weight is 241 g/mol. The van der Waals surface area contributed by atoms with Crippen molar-refractivity contribution in [2.24, 2.45) is 11.8 Å². The molecule has 1 saturated heterocycles. The monoisotopic (exact) mass is 241 g/mol. The highest BCUT2D eigenvalue weighted by Gasteiger charge is 2.32. The van der Waals surface area contributed by atoms with Crippen molar-refractivity contribution in [2.45, 2.75) is 38.2 Å². The van der Waals surface area contributed by atoms with Gasteiger partial charge >= 0.3 is 5.97 Å². The molecule has 1 aliphatic carbocycles. The third kappa shape index (κ3) is 2.97. The van der Waals surface area contributed by atoms with Crippen molar-refractivity contribution in [3.05, 3.63) is 0 Å². The van der Waals surface area contributed by atoms with Crippen LogP contribution in [0.2, 0.25) is 0 Å². The lowest BCUT2D eigenvalue weighted by Gasteiger charge is -2.29. The molecule has 0 aromatic carbocycles. The number of aliphatic carboxylic acids is 1. The Bertz CT molecular complexity index is 310. The van der Waals surface area contributed by atoms with Crippen molar-refractivity contribution in [3.8, 4) is 0 Å². The molecule has 1 aliphatic heterocycles. The van der Waals surface area contributed by atoms with Gasteiger partial charge in [-0.2, -0.15) is 0 Å². The summed E-state index contributed by atoms with van der Waals surface area (Å²) in [6, 6.07) is 0.